The summed E-state index contributed by atoms with van der Waals surface area (Å²) >= 11 is 0. The third kappa shape index (κ3) is 7.56. The van der Waals surface area contributed by atoms with E-state index in [-0.39, 0.29) is 0 Å². The van der Waals surface area contributed by atoms with E-state index in [1.54, 1.807) is 24.4 Å². The summed E-state index contributed by atoms with van der Waals surface area (Å²) in [6.45, 7) is 2.22. The Kier molecular flexibility index (Phi) is 8.77. The fourth-order valence-electron chi connectivity index (χ4n) is 2.88. The lowest BCUT2D eigenvalue weighted by atomic mass is 10.1. The number of aryl methyl sites for hydroxylation is 1. The van der Waals surface area contributed by atoms with Crippen LogP contribution in [0.25, 0.3) is 6.08 Å². The van der Waals surface area contributed by atoms with E-state index in [4.69, 9.17) is 5.26 Å². The van der Waals surface area contributed by atoms with Crippen molar-refractivity contribution in [3.8, 4) is 29.8 Å². The molecule has 3 aromatic heterocycles. The van der Waals surface area contributed by atoms with Gasteiger partial charge in [0.1, 0.15) is 11.8 Å². The average molecular weight is 417 g/mol. The molecule has 0 aliphatic heterocycles. The molecule has 0 spiro atoms. The molecule has 0 unspecified atom stereocenters. The van der Waals surface area contributed by atoms with Gasteiger partial charge in [0.2, 0.25) is 0 Å². The van der Waals surface area contributed by atoms with E-state index in [1.165, 1.54) is 31.9 Å². The molecule has 0 aromatic carbocycles. The van der Waals surface area contributed by atoms with Gasteiger partial charge in [-0.1, -0.05) is 43.9 Å². The predicted molar refractivity (Wildman–Crippen MR) is 127 cm³/mol. The van der Waals surface area contributed by atoms with E-state index < -0.39 is 0 Å². The van der Waals surface area contributed by atoms with Gasteiger partial charge in [-0.25, -0.2) is 4.98 Å². The zero-order chi connectivity index (χ0) is 22.4. The van der Waals surface area contributed by atoms with Crippen molar-refractivity contribution in [1.29, 1.82) is 5.26 Å². The van der Waals surface area contributed by atoms with Crippen LogP contribution in [0.4, 0.5) is 0 Å². The predicted octanol–water partition coefficient (Wildman–Crippen LogP) is 5.33. The Balaban J connectivity index is 1.52. The number of pyridine rings is 3. The molecule has 3 heterocycles. The lowest BCUT2D eigenvalue weighted by Gasteiger charge is -2.00. The number of unbranched alkanes of at least 4 members (excludes halogenated alkanes) is 3. The van der Waals surface area contributed by atoms with Crippen LogP contribution in [0.15, 0.2) is 61.1 Å². The largest absolute Gasteiger partial charge is 0.260 e. The minimum absolute atomic E-state index is 0.516. The summed E-state index contributed by atoms with van der Waals surface area (Å²) in [6, 6.07) is 13.3. The summed E-state index contributed by atoms with van der Waals surface area (Å²) in [7, 11) is 0. The maximum atomic E-state index is 8.80. The normalized spacial score (nSPS) is 10.0. The lowest BCUT2D eigenvalue weighted by molar-refractivity contribution is 0.660. The Bertz CT molecular complexity index is 1190. The van der Waals surface area contributed by atoms with Gasteiger partial charge in [0.15, 0.2) is 0 Å². The van der Waals surface area contributed by atoms with Crippen molar-refractivity contribution in [1.82, 2.24) is 15.0 Å². The van der Waals surface area contributed by atoms with Crippen molar-refractivity contribution in [3.63, 3.8) is 0 Å². The van der Waals surface area contributed by atoms with Gasteiger partial charge in [0.25, 0.3) is 0 Å². The van der Waals surface area contributed by atoms with Crippen LogP contribution in [0.2, 0.25) is 0 Å². The number of hydrogen-bond acceptors (Lipinski definition) is 4. The second-order valence-electron chi connectivity index (χ2n) is 7.22. The van der Waals surface area contributed by atoms with Gasteiger partial charge in [0, 0.05) is 35.4 Å². The first-order chi connectivity index (χ1) is 15.8. The minimum atomic E-state index is 0.516. The molecule has 0 radical (unpaired) electrons. The molecule has 156 valence electrons. The number of nitriles is 1. The molecule has 0 bridgehead atoms. The van der Waals surface area contributed by atoms with E-state index in [0.717, 1.165) is 28.9 Å². The number of hydrogen-bond donors (Lipinski definition) is 0. The van der Waals surface area contributed by atoms with E-state index in [0.29, 0.717) is 11.3 Å². The van der Waals surface area contributed by atoms with Crippen LogP contribution in [0.5, 0.6) is 0 Å². The second kappa shape index (κ2) is 12.5. The van der Waals surface area contributed by atoms with Crippen LogP contribution < -0.4 is 0 Å². The van der Waals surface area contributed by atoms with Gasteiger partial charge < -0.3 is 0 Å². The summed E-state index contributed by atoms with van der Waals surface area (Å²) in [5.41, 5.74) is 4.76. The van der Waals surface area contributed by atoms with Crippen LogP contribution in [0.1, 0.15) is 66.4 Å². The van der Waals surface area contributed by atoms with Crippen molar-refractivity contribution in [2.24, 2.45) is 0 Å². The maximum Gasteiger partial charge on any atom is 0.113 e. The Morgan fingerprint density at radius 1 is 0.781 bits per heavy atom. The maximum absolute atomic E-state index is 8.80. The molecule has 3 rings (SSSR count). The van der Waals surface area contributed by atoms with Crippen LogP contribution >= 0.6 is 0 Å². The average Bonchev–Trinajstić information content (AvgIpc) is 2.85. The summed E-state index contributed by atoms with van der Waals surface area (Å²) in [5.74, 6) is 12.1. The third-order valence-corrected chi connectivity index (χ3v) is 4.68. The first-order valence-electron chi connectivity index (χ1n) is 10.7. The Morgan fingerprint density at radius 2 is 1.56 bits per heavy atom. The molecule has 0 saturated heterocycles. The van der Waals surface area contributed by atoms with E-state index in [1.807, 2.05) is 36.5 Å². The molecular formula is C28H24N4. The molecule has 0 saturated carbocycles. The smallest absolute Gasteiger partial charge is 0.113 e. The van der Waals surface area contributed by atoms with Gasteiger partial charge in [-0.05, 0) is 67.3 Å². The lowest BCUT2D eigenvalue weighted by Crippen LogP contribution is -1.90. The van der Waals surface area contributed by atoms with Crippen molar-refractivity contribution in [2.45, 2.75) is 39.0 Å². The fraction of sp³-hybridized carbons (Fsp3) is 0.214. The summed E-state index contributed by atoms with van der Waals surface area (Å²) in [4.78, 5) is 13.0. The second-order valence-corrected chi connectivity index (χ2v) is 7.22. The van der Waals surface area contributed by atoms with E-state index >= 15 is 0 Å². The molecule has 0 aliphatic carbocycles. The highest BCUT2D eigenvalue weighted by atomic mass is 14.7. The van der Waals surface area contributed by atoms with Crippen molar-refractivity contribution < 1.29 is 0 Å². The highest BCUT2D eigenvalue weighted by Crippen LogP contribution is 2.07. The standard InChI is InChI=1S/C28H24N4/c1-2-3-4-5-9-26-15-11-23(20-30-26)8-6-7-10-27-16-12-24(21-31-27)13-17-28-18-14-25(19-29)22-32-28/h7,10-12,14-16,18,20-22H,2-5,9H2,1H3/b10-7+. The molecule has 0 fully saturated rings. The molecule has 32 heavy (non-hydrogen) atoms. The SMILES string of the molecule is CCCCCCc1ccc(C#C/C=C/c2ccc(C#Cc3ccc(C#N)cn3)cn2)cn1. The van der Waals surface area contributed by atoms with Crippen molar-refractivity contribution in [2.75, 3.05) is 0 Å². The zero-order valence-corrected chi connectivity index (χ0v) is 18.2. The Hall–Kier alpha value is -4.20. The Labute approximate surface area is 190 Å². The van der Waals surface area contributed by atoms with Gasteiger partial charge in [0.05, 0.1) is 11.3 Å². The molecule has 3 aromatic rings. The van der Waals surface area contributed by atoms with Crippen LogP contribution in [0, 0.1) is 35.0 Å². The molecule has 0 amide bonds. The first-order valence-corrected chi connectivity index (χ1v) is 10.7. The first kappa shape index (κ1) is 22.5. The molecule has 4 heteroatoms. The van der Waals surface area contributed by atoms with Gasteiger partial charge in [-0.3, -0.25) is 9.97 Å². The Morgan fingerprint density at radius 3 is 2.25 bits per heavy atom. The molecular weight excluding hydrogens is 392 g/mol. The number of nitrogens with zero attached hydrogens (tertiary/aromatic N) is 4. The number of aromatic nitrogens is 3. The highest BCUT2D eigenvalue weighted by Gasteiger charge is 1.95. The topological polar surface area (TPSA) is 62.5 Å². The fourth-order valence-corrected chi connectivity index (χ4v) is 2.88. The molecule has 0 N–H and O–H groups in total. The van der Waals surface area contributed by atoms with Gasteiger partial charge >= 0.3 is 0 Å². The highest BCUT2D eigenvalue weighted by molar-refractivity contribution is 5.51. The van der Waals surface area contributed by atoms with Crippen molar-refractivity contribution in [3.05, 3.63) is 94.8 Å². The van der Waals surface area contributed by atoms with Gasteiger partial charge in [-0.2, -0.15) is 5.26 Å². The van der Waals surface area contributed by atoms with Crippen LogP contribution in [0.3, 0.4) is 0 Å². The summed E-state index contributed by atoms with van der Waals surface area (Å²) < 4.78 is 0. The third-order valence-electron chi connectivity index (χ3n) is 4.68. The molecule has 0 aliphatic rings. The summed E-state index contributed by atoms with van der Waals surface area (Å²) in [5, 5.41) is 8.80. The van der Waals surface area contributed by atoms with Gasteiger partial charge in [-0.15, -0.1) is 0 Å². The zero-order valence-electron chi connectivity index (χ0n) is 18.2. The summed E-state index contributed by atoms with van der Waals surface area (Å²) in [6.07, 6.45) is 14.7. The quantitative estimate of drug-likeness (QED) is 0.402. The molecule has 4 nitrogen and oxygen atoms in total. The van der Waals surface area contributed by atoms with E-state index in [9.17, 15) is 0 Å². The van der Waals surface area contributed by atoms with Crippen molar-refractivity contribution >= 4 is 6.08 Å². The van der Waals surface area contributed by atoms with E-state index in [2.05, 4.69) is 51.6 Å². The number of allylic oxidation sites excluding steroid dienone is 1. The number of rotatable bonds is 6. The monoisotopic (exact) mass is 416 g/mol. The molecule has 0 atom stereocenters. The van der Waals surface area contributed by atoms with Crippen LogP contribution in [-0.4, -0.2) is 15.0 Å². The van der Waals surface area contributed by atoms with Crippen LogP contribution in [-0.2, 0) is 6.42 Å². The minimum Gasteiger partial charge on any atom is -0.260 e.